The van der Waals surface area contributed by atoms with Crippen molar-refractivity contribution in [3.63, 3.8) is 0 Å². The summed E-state index contributed by atoms with van der Waals surface area (Å²) < 4.78 is 0. The fourth-order valence-corrected chi connectivity index (χ4v) is 3.16. The van der Waals surface area contributed by atoms with Gasteiger partial charge in [-0.2, -0.15) is 0 Å². The smallest absolute Gasteiger partial charge is 0.0566 e. The second kappa shape index (κ2) is 5.51. The Balaban J connectivity index is 2.93. The zero-order valence-electron chi connectivity index (χ0n) is 11.9. The van der Waals surface area contributed by atoms with E-state index in [1.807, 2.05) is 11.3 Å². The molecule has 1 aromatic rings. The highest BCUT2D eigenvalue weighted by molar-refractivity contribution is 7.10. The van der Waals surface area contributed by atoms with Crippen LogP contribution in [-0.4, -0.2) is 24.5 Å². The average Bonchev–Trinajstić information content (AvgIpc) is 2.63. The molecule has 2 nitrogen and oxygen atoms in total. The van der Waals surface area contributed by atoms with Gasteiger partial charge in [-0.3, -0.25) is 4.90 Å². The second-order valence-electron chi connectivity index (χ2n) is 5.93. The largest absolute Gasteiger partial charge is 0.329 e. The van der Waals surface area contributed by atoms with Gasteiger partial charge in [0.15, 0.2) is 0 Å². The van der Waals surface area contributed by atoms with E-state index in [1.54, 1.807) is 0 Å². The maximum Gasteiger partial charge on any atom is 0.0566 e. The Hall–Kier alpha value is -0.380. The van der Waals surface area contributed by atoms with E-state index in [4.69, 9.17) is 5.73 Å². The normalized spacial score (nSPS) is 16.2. The van der Waals surface area contributed by atoms with Crippen molar-refractivity contribution in [3.05, 3.63) is 21.9 Å². The molecule has 98 valence electrons. The van der Waals surface area contributed by atoms with Gasteiger partial charge in [0.2, 0.25) is 0 Å². The van der Waals surface area contributed by atoms with E-state index < -0.39 is 0 Å². The number of thiophene rings is 1. The molecule has 0 aliphatic rings. The zero-order valence-corrected chi connectivity index (χ0v) is 12.8. The quantitative estimate of drug-likeness (QED) is 0.892. The Morgan fingerprint density at radius 2 is 2.00 bits per heavy atom. The van der Waals surface area contributed by atoms with Crippen molar-refractivity contribution < 1.29 is 0 Å². The molecule has 0 spiro atoms. The fraction of sp³-hybridized carbons (Fsp3) is 0.714. The zero-order chi connectivity index (χ0) is 13.2. The molecule has 2 unspecified atom stereocenters. The first-order valence-corrected chi connectivity index (χ1v) is 7.13. The molecule has 0 aliphatic heterocycles. The summed E-state index contributed by atoms with van der Waals surface area (Å²) in [6, 6.07) is 3.01. The summed E-state index contributed by atoms with van der Waals surface area (Å²) in [6.07, 6.45) is 0. The lowest BCUT2D eigenvalue weighted by atomic mass is 9.86. The molecule has 0 amide bonds. The van der Waals surface area contributed by atoms with E-state index in [1.165, 1.54) is 10.4 Å². The van der Waals surface area contributed by atoms with Gasteiger partial charge in [0.1, 0.15) is 0 Å². The van der Waals surface area contributed by atoms with E-state index in [-0.39, 0.29) is 5.41 Å². The Labute approximate surface area is 110 Å². The number of hydrogen-bond donors (Lipinski definition) is 1. The average molecular weight is 254 g/mol. The lowest BCUT2D eigenvalue weighted by Crippen LogP contribution is -2.43. The van der Waals surface area contributed by atoms with Gasteiger partial charge < -0.3 is 5.73 Å². The molecule has 1 rings (SSSR count). The first-order chi connectivity index (χ1) is 7.79. The van der Waals surface area contributed by atoms with Crippen LogP contribution in [0.15, 0.2) is 11.4 Å². The number of hydrogen-bond acceptors (Lipinski definition) is 3. The molecule has 0 saturated carbocycles. The Kier molecular flexibility index (Phi) is 4.76. The minimum Gasteiger partial charge on any atom is -0.329 e. The van der Waals surface area contributed by atoms with Crippen molar-refractivity contribution in [3.8, 4) is 0 Å². The minimum absolute atomic E-state index is 0.271. The van der Waals surface area contributed by atoms with Gasteiger partial charge in [-0.15, -0.1) is 11.3 Å². The van der Waals surface area contributed by atoms with E-state index in [2.05, 4.69) is 58.0 Å². The molecule has 3 heteroatoms. The van der Waals surface area contributed by atoms with Gasteiger partial charge in [0, 0.05) is 17.5 Å². The Morgan fingerprint density at radius 1 is 1.41 bits per heavy atom. The Morgan fingerprint density at radius 3 is 2.35 bits per heavy atom. The lowest BCUT2D eigenvalue weighted by molar-refractivity contribution is 0.101. The van der Waals surface area contributed by atoms with Crippen LogP contribution in [0.2, 0.25) is 0 Å². The van der Waals surface area contributed by atoms with Crippen molar-refractivity contribution in [1.29, 1.82) is 0 Å². The van der Waals surface area contributed by atoms with Crippen LogP contribution in [0, 0.1) is 12.3 Å². The van der Waals surface area contributed by atoms with Crippen LogP contribution in [0.4, 0.5) is 0 Å². The predicted molar refractivity (Wildman–Crippen MR) is 77.5 cm³/mol. The van der Waals surface area contributed by atoms with Crippen LogP contribution < -0.4 is 5.73 Å². The highest BCUT2D eigenvalue weighted by atomic mass is 32.1. The summed E-state index contributed by atoms with van der Waals surface area (Å²) in [5.41, 5.74) is 7.61. The second-order valence-corrected chi connectivity index (χ2v) is 6.87. The monoisotopic (exact) mass is 254 g/mol. The first-order valence-electron chi connectivity index (χ1n) is 6.25. The molecular formula is C14H26N2S. The molecular weight excluding hydrogens is 228 g/mol. The third-order valence-corrected chi connectivity index (χ3v) is 4.90. The maximum absolute atomic E-state index is 5.98. The van der Waals surface area contributed by atoms with Gasteiger partial charge in [-0.05, 0) is 43.3 Å². The summed E-state index contributed by atoms with van der Waals surface area (Å²) in [4.78, 5) is 3.82. The third kappa shape index (κ3) is 3.30. The van der Waals surface area contributed by atoms with Crippen LogP contribution in [0.25, 0.3) is 0 Å². The van der Waals surface area contributed by atoms with Gasteiger partial charge in [-0.25, -0.2) is 0 Å². The molecule has 1 aromatic heterocycles. The molecule has 0 aromatic carbocycles. The number of aryl methyl sites for hydroxylation is 1. The number of nitrogens with two attached hydrogens (primary N) is 1. The van der Waals surface area contributed by atoms with Crippen molar-refractivity contribution in [2.45, 2.75) is 46.7 Å². The minimum atomic E-state index is 0.271. The standard InChI is InChI=1S/C14H26N2S/c1-10-7-8-17-13(10)12(9-15)16(6)11(2)14(3,4)5/h7-8,11-12H,9,15H2,1-6H3. The van der Waals surface area contributed by atoms with Crippen LogP contribution in [0.5, 0.6) is 0 Å². The van der Waals surface area contributed by atoms with Gasteiger partial charge >= 0.3 is 0 Å². The number of nitrogens with zero attached hydrogens (tertiary/aromatic N) is 1. The van der Waals surface area contributed by atoms with Crippen LogP contribution in [0.3, 0.4) is 0 Å². The van der Waals surface area contributed by atoms with Crippen molar-refractivity contribution in [2.24, 2.45) is 11.1 Å². The van der Waals surface area contributed by atoms with Crippen LogP contribution in [-0.2, 0) is 0 Å². The Bertz CT molecular complexity index is 351. The molecule has 2 N–H and O–H groups in total. The lowest BCUT2D eigenvalue weighted by Gasteiger charge is -2.39. The topological polar surface area (TPSA) is 29.3 Å². The van der Waals surface area contributed by atoms with E-state index in [9.17, 15) is 0 Å². The first kappa shape index (κ1) is 14.7. The molecule has 0 bridgehead atoms. The number of rotatable bonds is 4. The van der Waals surface area contributed by atoms with E-state index >= 15 is 0 Å². The fourth-order valence-electron chi connectivity index (χ4n) is 2.06. The molecule has 1 heterocycles. The highest BCUT2D eigenvalue weighted by Gasteiger charge is 2.29. The molecule has 2 atom stereocenters. The predicted octanol–water partition coefficient (Wildman–Crippen LogP) is 3.42. The highest BCUT2D eigenvalue weighted by Crippen LogP contribution is 2.33. The summed E-state index contributed by atoms with van der Waals surface area (Å²) in [7, 11) is 2.19. The molecule has 0 fully saturated rings. The summed E-state index contributed by atoms with van der Waals surface area (Å²) in [6.45, 7) is 12.0. The van der Waals surface area contributed by atoms with Gasteiger partial charge in [-0.1, -0.05) is 20.8 Å². The number of likely N-dealkylation sites (N-methyl/N-ethyl adjacent to an activating group) is 1. The van der Waals surface area contributed by atoms with Gasteiger partial charge in [0.05, 0.1) is 6.04 Å². The SMILES string of the molecule is Cc1ccsc1C(CN)N(C)C(C)C(C)(C)C. The summed E-state index contributed by atoms with van der Waals surface area (Å²) in [5, 5.41) is 2.16. The van der Waals surface area contributed by atoms with Crippen molar-refractivity contribution in [1.82, 2.24) is 4.90 Å². The van der Waals surface area contributed by atoms with E-state index in [0.717, 1.165) is 0 Å². The summed E-state index contributed by atoms with van der Waals surface area (Å²) >= 11 is 1.82. The van der Waals surface area contributed by atoms with Crippen molar-refractivity contribution >= 4 is 11.3 Å². The van der Waals surface area contributed by atoms with Crippen LogP contribution in [0.1, 0.15) is 44.2 Å². The molecule has 17 heavy (non-hydrogen) atoms. The molecule has 0 saturated heterocycles. The van der Waals surface area contributed by atoms with Gasteiger partial charge in [0.25, 0.3) is 0 Å². The molecule has 0 radical (unpaired) electrons. The maximum atomic E-state index is 5.98. The van der Waals surface area contributed by atoms with Crippen molar-refractivity contribution in [2.75, 3.05) is 13.6 Å². The van der Waals surface area contributed by atoms with Crippen LogP contribution >= 0.6 is 11.3 Å². The van der Waals surface area contributed by atoms with E-state index in [0.29, 0.717) is 18.6 Å². The molecule has 0 aliphatic carbocycles. The third-order valence-electron chi connectivity index (χ3n) is 3.78. The summed E-state index contributed by atoms with van der Waals surface area (Å²) in [5.74, 6) is 0.